The van der Waals surface area contributed by atoms with Crippen molar-refractivity contribution in [1.29, 1.82) is 0 Å². The van der Waals surface area contributed by atoms with Crippen LogP contribution < -0.4 is 9.47 Å². The molecule has 0 aliphatic heterocycles. The summed E-state index contributed by atoms with van der Waals surface area (Å²) in [5.74, 6) is 0.175. The third-order valence-corrected chi connectivity index (χ3v) is 3.74. The number of hydrogen-bond acceptors (Lipinski definition) is 3. The van der Waals surface area contributed by atoms with Crippen LogP contribution >= 0.6 is 39.1 Å². The molecule has 2 aromatic rings. The third-order valence-electron chi connectivity index (χ3n) is 2.72. The molecule has 0 N–H and O–H groups in total. The lowest BCUT2D eigenvalue weighted by atomic mass is 10.2. The summed E-state index contributed by atoms with van der Waals surface area (Å²) in [5.41, 5.74) is 0.328. The molecule has 0 heterocycles. The van der Waals surface area contributed by atoms with Crippen LogP contribution in [0.1, 0.15) is 23.7 Å². The molecule has 22 heavy (non-hydrogen) atoms. The topological polar surface area (TPSA) is 35.5 Å². The molecule has 0 saturated carbocycles. The van der Waals surface area contributed by atoms with E-state index >= 15 is 0 Å². The molecule has 0 bridgehead atoms. The van der Waals surface area contributed by atoms with Crippen molar-refractivity contribution in [3.05, 3.63) is 56.5 Å². The monoisotopic (exact) mass is 402 g/mol. The summed E-state index contributed by atoms with van der Waals surface area (Å²) in [5, 5.41) is 0.742. The van der Waals surface area contributed by atoms with E-state index in [0.29, 0.717) is 22.9 Å². The van der Waals surface area contributed by atoms with E-state index in [1.54, 1.807) is 30.3 Å². The Labute approximate surface area is 147 Å². The smallest absolute Gasteiger partial charge is 0.347 e. The highest BCUT2D eigenvalue weighted by atomic mass is 79.9. The van der Waals surface area contributed by atoms with E-state index in [1.165, 1.54) is 6.07 Å². The molecule has 0 aliphatic rings. The third kappa shape index (κ3) is 4.38. The number of carbonyl (C=O) groups is 1. The van der Waals surface area contributed by atoms with Crippen LogP contribution in [0.25, 0.3) is 0 Å². The first-order valence-electron chi connectivity index (χ1n) is 6.61. The Balaban J connectivity index is 2.26. The van der Waals surface area contributed by atoms with Crippen LogP contribution in [0, 0.1) is 0 Å². The van der Waals surface area contributed by atoms with Gasteiger partial charge in [-0.05, 0) is 42.8 Å². The number of hydrogen-bond donors (Lipinski definition) is 0. The zero-order valence-corrected chi connectivity index (χ0v) is 14.8. The van der Waals surface area contributed by atoms with Gasteiger partial charge in [-0.2, -0.15) is 0 Å². The quantitative estimate of drug-likeness (QED) is 0.470. The highest BCUT2D eigenvalue weighted by molar-refractivity contribution is 9.10. The minimum atomic E-state index is -0.545. The Kier molecular flexibility index (Phi) is 6.12. The number of ether oxygens (including phenoxy) is 2. The Morgan fingerprint density at radius 1 is 1.14 bits per heavy atom. The number of esters is 1. The molecule has 0 aromatic heterocycles. The summed E-state index contributed by atoms with van der Waals surface area (Å²) >= 11 is 15.2. The molecule has 116 valence electrons. The molecule has 0 unspecified atom stereocenters. The van der Waals surface area contributed by atoms with Crippen molar-refractivity contribution in [3.63, 3.8) is 0 Å². The lowest BCUT2D eigenvalue weighted by molar-refractivity contribution is 0.0730. The minimum absolute atomic E-state index is 0.248. The van der Waals surface area contributed by atoms with Gasteiger partial charge in [0.05, 0.1) is 11.6 Å². The second kappa shape index (κ2) is 7.86. The lowest BCUT2D eigenvalue weighted by Gasteiger charge is -2.12. The molecule has 3 nitrogen and oxygen atoms in total. The van der Waals surface area contributed by atoms with E-state index in [9.17, 15) is 4.79 Å². The fourth-order valence-electron chi connectivity index (χ4n) is 1.71. The van der Waals surface area contributed by atoms with Gasteiger partial charge in [0.15, 0.2) is 0 Å². The van der Waals surface area contributed by atoms with E-state index in [1.807, 2.05) is 6.92 Å². The van der Waals surface area contributed by atoms with Crippen molar-refractivity contribution in [2.75, 3.05) is 6.61 Å². The van der Waals surface area contributed by atoms with Gasteiger partial charge in [0.2, 0.25) is 0 Å². The van der Waals surface area contributed by atoms with Gasteiger partial charge < -0.3 is 9.47 Å². The summed E-state index contributed by atoms with van der Waals surface area (Å²) in [6.07, 6.45) is 0.841. The van der Waals surface area contributed by atoms with E-state index in [-0.39, 0.29) is 10.8 Å². The zero-order valence-electron chi connectivity index (χ0n) is 11.7. The van der Waals surface area contributed by atoms with Gasteiger partial charge in [0.25, 0.3) is 0 Å². The second-order valence-electron chi connectivity index (χ2n) is 4.45. The van der Waals surface area contributed by atoms with Crippen molar-refractivity contribution in [1.82, 2.24) is 0 Å². The van der Waals surface area contributed by atoms with Gasteiger partial charge in [-0.15, -0.1) is 0 Å². The standard InChI is InChI=1S/C16H13BrCl2O3/c1-2-7-21-14-5-3-10(17)8-12(14)16(20)22-15-6-4-11(18)9-13(15)19/h3-6,8-9H,2,7H2,1H3. The van der Waals surface area contributed by atoms with Crippen molar-refractivity contribution < 1.29 is 14.3 Å². The van der Waals surface area contributed by atoms with Crippen LogP contribution in [0.15, 0.2) is 40.9 Å². The second-order valence-corrected chi connectivity index (χ2v) is 6.21. The summed E-state index contributed by atoms with van der Waals surface area (Å²) in [7, 11) is 0. The molecule has 0 radical (unpaired) electrons. The maximum atomic E-state index is 12.4. The van der Waals surface area contributed by atoms with Gasteiger partial charge in [-0.3, -0.25) is 0 Å². The SMILES string of the molecule is CCCOc1ccc(Br)cc1C(=O)Oc1ccc(Cl)cc1Cl. The van der Waals surface area contributed by atoms with Gasteiger partial charge >= 0.3 is 5.97 Å². The van der Waals surface area contributed by atoms with Crippen LogP contribution in [0.5, 0.6) is 11.5 Å². The normalized spacial score (nSPS) is 10.4. The largest absolute Gasteiger partial charge is 0.493 e. The van der Waals surface area contributed by atoms with Crippen LogP contribution in [-0.2, 0) is 0 Å². The van der Waals surface area contributed by atoms with Crippen LogP contribution in [0.4, 0.5) is 0 Å². The van der Waals surface area contributed by atoms with Crippen molar-refractivity contribution in [2.24, 2.45) is 0 Å². The Morgan fingerprint density at radius 2 is 1.86 bits per heavy atom. The van der Waals surface area contributed by atoms with Gasteiger partial charge in [-0.25, -0.2) is 4.79 Å². The lowest BCUT2D eigenvalue weighted by Crippen LogP contribution is -2.11. The number of benzene rings is 2. The Morgan fingerprint density at radius 3 is 2.55 bits per heavy atom. The van der Waals surface area contributed by atoms with Crippen molar-refractivity contribution >= 4 is 45.1 Å². The van der Waals surface area contributed by atoms with Crippen LogP contribution in [0.3, 0.4) is 0 Å². The van der Waals surface area contributed by atoms with Crippen LogP contribution in [-0.4, -0.2) is 12.6 Å². The zero-order chi connectivity index (χ0) is 16.1. The summed E-state index contributed by atoms with van der Waals surface area (Å²) in [6.45, 7) is 2.51. The van der Waals surface area contributed by atoms with Gasteiger partial charge in [0.1, 0.15) is 17.1 Å². The average Bonchev–Trinajstić information content (AvgIpc) is 2.48. The first kappa shape index (κ1) is 17.1. The summed E-state index contributed by atoms with van der Waals surface area (Å²) in [4.78, 5) is 12.4. The molecule has 0 spiro atoms. The summed E-state index contributed by atoms with van der Waals surface area (Å²) in [6, 6.07) is 9.84. The maximum Gasteiger partial charge on any atom is 0.347 e. The molecular formula is C16H13BrCl2O3. The van der Waals surface area contributed by atoms with Gasteiger partial charge in [0, 0.05) is 9.50 Å². The fraction of sp³-hybridized carbons (Fsp3) is 0.188. The molecule has 2 rings (SSSR count). The van der Waals surface area contributed by atoms with Crippen molar-refractivity contribution in [2.45, 2.75) is 13.3 Å². The van der Waals surface area contributed by atoms with E-state index < -0.39 is 5.97 Å². The Hall–Kier alpha value is -1.23. The first-order chi connectivity index (χ1) is 10.5. The number of halogens is 3. The van der Waals surface area contributed by atoms with Crippen molar-refractivity contribution in [3.8, 4) is 11.5 Å². The maximum absolute atomic E-state index is 12.4. The van der Waals surface area contributed by atoms with Gasteiger partial charge in [-0.1, -0.05) is 46.1 Å². The molecule has 2 aromatic carbocycles. The molecule has 0 amide bonds. The highest BCUT2D eigenvalue weighted by Gasteiger charge is 2.17. The highest BCUT2D eigenvalue weighted by Crippen LogP contribution is 2.30. The number of rotatable bonds is 5. The number of carbonyl (C=O) groups excluding carboxylic acids is 1. The molecule has 0 atom stereocenters. The molecular weight excluding hydrogens is 391 g/mol. The predicted molar refractivity (Wildman–Crippen MR) is 91.3 cm³/mol. The van der Waals surface area contributed by atoms with E-state index in [4.69, 9.17) is 32.7 Å². The minimum Gasteiger partial charge on any atom is -0.493 e. The molecule has 0 saturated heterocycles. The molecule has 0 aliphatic carbocycles. The fourth-order valence-corrected chi connectivity index (χ4v) is 2.52. The summed E-state index contributed by atoms with van der Waals surface area (Å²) < 4.78 is 11.7. The first-order valence-corrected chi connectivity index (χ1v) is 8.15. The predicted octanol–water partition coefficient (Wildman–Crippen LogP) is 5.76. The van der Waals surface area contributed by atoms with E-state index in [0.717, 1.165) is 10.9 Å². The van der Waals surface area contributed by atoms with E-state index in [2.05, 4.69) is 15.9 Å². The average molecular weight is 404 g/mol. The molecule has 6 heteroatoms. The Bertz CT molecular complexity index is 689. The molecule has 0 fully saturated rings. The van der Waals surface area contributed by atoms with Crippen LogP contribution in [0.2, 0.25) is 10.0 Å².